The van der Waals surface area contributed by atoms with Crippen LogP contribution in [0, 0.1) is 6.92 Å². The monoisotopic (exact) mass is 601 g/mol. The Morgan fingerprint density at radius 3 is 2.23 bits per heavy atom. The molecule has 3 rings (SSSR count). The van der Waals surface area contributed by atoms with Crippen LogP contribution in [0.5, 0.6) is 0 Å². The van der Waals surface area contributed by atoms with E-state index in [1.54, 1.807) is 73.7 Å². The normalized spacial score (nSPS) is 12.8. The number of benzene rings is 3. The third-order valence-electron chi connectivity index (χ3n) is 6.66. The van der Waals surface area contributed by atoms with Gasteiger partial charge in [-0.15, -0.1) is 11.8 Å². The molecule has 0 radical (unpaired) electrons. The molecular formula is C30H36ClN3O4S2. The number of rotatable bonds is 12. The second-order valence-electron chi connectivity index (χ2n) is 9.67. The molecule has 0 bridgehead atoms. The molecule has 2 atom stereocenters. The number of carbonyl (C=O) groups is 2. The van der Waals surface area contributed by atoms with Gasteiger partial charge in [-0.1, -0.05) is 48.4 Å². The minimum absolute atomic E-state index is 0.0719. The van der Waals surface area contributed by atoms with Crippen LogP contribution in [-0.2, 0) is 26.2 Å². The van der Waals surface area contributed by atoms with Gasteiger partial charge in [-0.05, 0) is 87.5 Å². The summed E-state index contributed by atoms with van der Waals surface area (Å²) in [5.74, 6) is -0.834. The Kier molecular flexibility index (Phi) is 11.1. The van der Waals surface area contributed by atoms with E-state index >= 15 is 0 Å². The topological polar surface area (TPSA) is 86.8 Å². The second kappa shape index (κ2) is 14.1. The maximum absolute atomic E-state index is 14.0. The smallest absolute Gasteiger partial charge is 0.264 e. The van der Waals surface area contributed by atoms with E-state index in [2.05, 4.69) is 5.32 Å². The molecule has 0 aliphatic rings. The zero-order valence-electron chi connectivity index (χ0n) is 23.4. The Balaban J connectivity index is 2.02. The van der Waals surface area contributed by atoms with Crippen molar-refractivity contribution in [3.63, 3.8) is 0 Å². The van der Waals surface area contributed by atoms with E-state index in [9.17, 15) is 18.0 Å². The quantitative estimate of drug-likeness (QED) is 0.261. The molecule has 214 valence electrons. The predicted octanol–water partition coefficient (Wildman–Crippen LogP) is 5.90. The molecule has 0 saturated heterocycles. The molecule has 2 amide bonds. The average molecular weight is 602 g/mol. The SMILES string of the molecule is CC[C@@H](C)NC(=O)[C@H](C)N(Cc1cccc(Cl)c1)C(=O)CN(c1ccc(C)cc1)S(=O)(=O)c1ccc(SC)cc1. The van der Waals surface area contributed by atoms with E-state index in [4.69, 9.17) is 11.6 Å². The van der Waals surface area contributed by atoms with E-state index < -0.39 is 28.5 Å². The summed E-state index contributed by atoms with van der Waals surface area (Å²) in [4.78, 5) is 29.5. The molecule has 0 fully saturated rings. The third kappa shape index (κ3) is 8.02. The van der Waals surface area contributed by atoms with Gasteiger partial charge in [0.1, 0.15) is 12.6 Å². The first kappa shape index (κ1) is 31.5. The van der Waals surface area contributed by atoms with Gasteiger partial charge < -0.3 is 10.2 Å². The van der Waals surface area contributed by atoms with Crippen LogP contribution in [0.2, 0.25) is 5.02 Å². The van der Waals surface area contributed by atoms with Crippen LogP contribution in [0.3, 0.4) is 0 Å². The summed E-state index contributed by atoms with van der Waals surface area (Å²) in [5, 5.41) is 3.43. The highest BCUT2D eigenvalue weighted by atomic mass is 35.5. The van der Waals surface area contributed by atoms with Crippen LogP contribution in [0.4, 0.5) is 5.69 Å². The Bertz CT molecular complexity index is 1410. The van der Waals surface area contributed by atoms with Crippen molar-refractivity contribution in [1.29, 1.82) is 0 Å². The van der Waals surface area contributed by atoms with Gasteiger partial charge in [0.05, 0.1) is 10.6 Å². The molecular weight excluding hydrogens is 566 g/mol. The van der Waals surface area contributed by atoms with E-state index in [-0.39, 0.29) is 23.4 Å². The lowest BCUT2D eigenvalue weighted by atomic mass is 10.1. The molecule has 0 aromatic heterocycles. The lowest BCUT2D eigenvalue weighted by Gasteiger charge is -2.32. The number of amides is 2. The molecule has 40 heavy (non-hydrogen) atoms. The van der Waals surface area contributed by atoms with Crippen molar-refractivity contribution in [2.45, 2.75) is 62.5 Å². The maximum Gasteiger partial charge on any atom is 0.264 e. The summed E-state index contributed by atoms with van der Waals surface area (Å²) in [6.07, 6.45) is 2.64. The fourth-order valence-electron chi connectivity index (χ4n) is 3.99. The first-order chi connectivity index (χ1) is 19.0. The number of aryl methyl sites for hydroxylation is 1. The van der Waals surface area contributed by atoms with Crippen molar-refractivity contribution in [2.75, 3.05) is 17.1 Å². The van der Waals surface area contributed by atoms with Crippen molar-refractivity contribution < 1.29 is 18.0 Å². The standard InChI is InChI=1S/C30H36ClN3O4S2/c1-6-22(3)32-30(36)23(4)33(19-24-8-7-9-25(31)18-24)29(35)20-34(26-12-10-21(2)11-13-26)40(37,38)28-16-14-27(39-5)15-17-28/h7-18,22-23H,6,19-20H2,1-5H3,(H,32,36)/t22-,23+/m1/s1. The molecule has 0 aliphatic carbocycles. The molecule has 10 heteroatoms. The molecule has 0 heterocycles. The molecule has 7 nitrogen and oxygen atoms in total. The van der Waals surface area contributed by atoms with Crippen molar-refractivity contribution in [3.05, 3.63) is 88.9 Å². The fourth-order valence-corrected chi connectivity index (χ4v) is 6.03. The Hall–Kier alpha value is -3.01. The first-order valence-electron chi connectivity index (χ1n) is 13.0. The van der Waals surface area contributed by atoms with Crippen LogP contribution in [0.25, 0.3) is 0 Å². The van der Waals surface area contributed by atoms with Crippen LogP contribution in [0.1, 0.15) is 38.3 Å². The number of anilines is 1. The molecule has 1 N–H and O–H groups in total. The van der Waals surface area contributed by atoms with Crippen molar-refractivity contribution in [2.24, 2.45) is 0 Å². The molecule has 3 aromatic rings. The van der Waals surface area contributed by atoms with Crippen LogP contribution >= 0.6 is 23.4 Å². The minimum atomic E-state index is -4.11. The summed E-state index contributed by atoms with van der Waals surface area (Å²) in [5.41, 5.74) is 2.03. The lowest BCUT2D eigenvalue weighted by Crippen LogP contribution is -2.52. The van der Waals surface area contributed by atoms with Gasteiger partial charge >= 0.3 is 0 Å². The largest absolute Gasteiger partial charge is 0.352 e. The predicted molar refractivity (Wildman–Crippen MR) is 163 cm³/mol. The van der Waals surface area contributed by atoms with Gasteiger partial charge in [0.25, 0.3) is 10.0 Å². The third-order valence-corrected chi connectivity index (χ3v) is 9.43. The summed E-state index contributed by atoms with van der Waals surface area (Å²) in [6, 6.07) is 19.6. The Labute approximate surface area is 247 Å². The number of thioether (sulfide) groups is 1. The van der Waals surface area contributed by atoms with E-state index in [0.717, 1.165) is 26.7 Å². The van der Waals surface area contributed by atoms with Gasteiger partial charge in [0.15, 0.2) is 0 Å². The van der Waals surface area contributed by atoms with Gasteiger partial charge in [-0.3, -0.25) is 13.9 Å². The molecule has 0 saturated carbocycles. The zero-order valence-corrected chi connectivity index (χ0v) is 25.8. The number of carbonyl (C=O) groups excluding carboxylic acids is 2. The van der Waals surface area contributed by atoms with Crippen LogP contribution in [-0.4, -0.2) is 50.0 Å². The van der Waals surface area contributed by atoms with Crippen molar-refractivity contribution in [3.8, 4) is 0 Å². The maximum atomic E-state index is 14.0. The average Bonchev–Trinajstić information content (AvgIpc) is 2.94. The van der Waals surface area contributed by atoms with Crippen molar-refractivity contribution >= 4 is 50.9 Å². The minimum Gasteiger partial charge on any atom is -0.352 e. The number of halogens is 1. The molecule has 0 aliphatic heterocycles. The van der Waals surface area contributed by atoms with Crippen LogP contribution < -0.4 is 9.62 Å². The Morgan fingerprint density at radius 2 is 1.65 bits per heavy atom. The lowest BCUT2D eigenvalue weighted by molar-refractivity contribution is -0.139. The number of hydrogen-bond acceptors (Lipinski definition) is 5. The van der Waals surface area contributed by atoms with Crippen LogP contribution in [0.15, 0.2) is 82.6 Å². The fraction of sp³-hybridized carbons (Fsp3) is 0.333. The second-order valence-corrected chi connectivity index (χ2v) is 12.8. The molecule has 0 unspecified atom stereocenters. The first-order valence-corrected chi connectivity index (χ1v) is 16.1. The number of nitrogens with one attached hydrogen (secondary N) is 1. The Morgan fingerprint density at radius 1 is 1.00 bits per heavy atom. The number of hydrogen-bond donors (Lipinski definition) is 1. The van der Waals surface area contributed by atoms with E-state index in [1.807, 2.05) is 33.1 Å². The summed E-state index contributed by atoms with van der Waals surface area (Å²) in [6.45, 7) is 6.99. The molecule has 3 aromatic carbocycles. The summed E-state index contributed by atoms with van der Waals surface area (Å²) in [7, 11) is -4.11. The van der Waals surface area contributed by atoms with Gasteiger partial charge in [0, 0.05) is 22.5 Å². The van der Waals surface area contributed by atoms with Gasteiger partial charge in [-0.25, -0.2) is 8.42 Å². The van der Waals surface area contributed by atoms with E-state index in [1.165, 1.54) is 16.7 Å². The van der Waals surface area contributed by atoms with Gasteiger partial charge in [-0.2, -0.15) is 0 Å². The number of nitrogens with zero attached hydrogens (tertiary/aromatic N) is 2. The van der Waals surface area contributed by atoms with Crippen molar-refractivity contribution in [1.82, 2.24) is 10.2 Å². The van der Waals surface area contributed by atoms with E-state index in [0.29, 0.717) is 10.7 Å². The number of sulfonamides is 1. The highest BCUT2D eigenvalue weighted by Crippen LogP contribution is 2.26. The zero-order chi connectivity index (χ0) is 29.4. The highest BCUT2D eigenvalue weighted by molar-refractivity contribution is 7.98. The van der Waals surface area contributed by atoms with Gasteiger partial charge in [0.2, 0.25) is 11.8 Å². The molecule has 0 spiro atoms. The highest BCUT2D eigenvalue weighted by Gasteiger charge is 2.32. The summed E-state index contributed by atoms with van der Waals surface area (Å²) < 4.78 is 28.9. The summed E-state index contributed by atoms with van der Waals surface area (Å²) >= 11 is 7.70.